The number of nitrogens with two attached hydrogens (primary N) is 1. The molecule has 0 aromatic rings. The lowest BCUT2D eigenvalue weighted by Crippen LogP contribution is -2.16. The molecule has 0 saturated carbocycles. The maximum Gasteiger partial charge on any atom is 0.111 e. The van der Waals surface area contributed by atoms with E-state index in [2.05, 4.69) is 6.58 Å². The zero-order valence-electron chi connectivity index (χ0n) is 9.31. The van der Waals surface area contributed by atoms with Crippen LogP contribution < -0.4 is 5.73 Å². The van der Waals surface area contributed by atoms with E-state index in [0.717, 1.165) is 11.1 Å². The summed E-state index contributed by atoms with van der Waals surface area (Å²) in [7, 11) is 0. The second kappa shape index (κ2) is 5.63. The van der Waals surface area contributed by atoms with Crippen molar-refractivity contribution in [2.24, 2.45) is 5.73 Å². The van der Waals surface area contributed by atoms with E-state index in [0.29, 0.717) is 12.8 Å². The van der Waals surface area contributed by atoms with Gasteiger partial charge in [-0.05, 0) is 25.8 Å². The summed E-state index contributed by atoms with van der Waals surface area (Å²) in [4.78, 5) is 0. The van der Waals surface area contributed by atoms with Gasteiger partial charge in [-0.15, -0.1) is 0 Å². The lowest BCUT2D eigenvalue weighted by atomic mass is 9.95. The van der Waals surface area contributed by atoms with Gasteiger partial charge >= 0.3 is 0 Å². The van der Waals surface area contributed by atoms with Crippen molar-refractivity contribution in [3.8, 4) is 0 Å². The second-order valence-corrected chi connectivity index (χ2v) is 3.81. The largest absolute Gasteiger partial charge is 0.404 e. The zero-order chi connectivity index (χ0) is 11.2. The predicted molar refractivity (Wildman–Crippen MR) is 60.6 cm³/mol. The molecule has 2 N–H and O–H groups in total. The summed E-state index contributed by atoms with van der Waals surface area (Å²) >= 11 is 0. The topological polar surface area (TPSA) is 26.0 Å². The monoisotopic (exact) mass is 197 g/mol. The molecule has 1 nitrogen and oxygen atoms in total. The van der Waals surface area contributed by atoms with Crippen LogP contribution in [0.2, 0.25) is 0 Å². The average Bonchev–Trinajstić information content (AvgIpc) is 2.13. The van der Waals surface area contributed by atoms with Crippen LogP contribution in [0.25, 0.3) is 0 Å². The van der Waals surface area contributed by atoms with Gasteiger partial charge in [0.15, 0.2) is 0 Å². The van der Waals surface area contributed by atoms with Crippen molar-refractivity contribution in [1.29, 1.82) is 0 Å². The number of halogens is 1. The first-order valence-electron chi connectivity index (χ1n) is 4.85. The Morgan fingerprint density at radius 1 is 1.57 bits per heavy atom. The van der Waals surface area contributed by atoms with Gasteiger partial charge in [0.05, 0.1) is 0 Å². The highest BCUT2D eigenvalue weighted by Crippen LogP contribution is 2.24. The van der Waals surface area contributed by atoms with Crippen LogP contribution in [0, 0.1) is 0 Å². The van der Waals surface area contributed by atoms with E-state index in [1.807, 2.05) is 19.9 Å². The Hall–Kier alpha value is -1.05. The van der Waals surface area contributed by atoms with E-state index < -0.39 is 5.67 Å². The predicted octanol–water partition coefficient (Wildman–Crippen LogP) is 3.49. The quantitative estimate of drug-likeness (QED) is 0.671. The molecule has 0 aromatic heterocycles. The van der Waals surface area contributed by atoms with Gasteiger partial charge in [-0.25, -0.2) is 4.39 Å². The van der Waals surface area contributed by atoms with Crippen LogP contribution in [-0.4, -0.2) is 5.67 Å². The molecule has 0 saturated heterocycles. The molecule has 0 aromatic carbocycles. The van der Waals surface area contributed by atoms with Crippen molar-refractivity contribution < 1.29 is 4.39 Å². The molecule has 2 heteroatoms. The van der Waals surface area contributed by atoms with Crippen molar-refractivity contribution >= 4 is 0 Å². The molecular formula is C12H20FN. The highest BCUT2D eigenvalue weighted by atomic mass is 19.1. The van der Waals surface area contributed by atoms with Gasteiger partial charge in [-0.2, -0.15) is 0 Å². The molecule has 0 fully saturated rings. The molecule has 0 rings (SSSR count). The summed E-state index contributed by atoms with van der Waals surface area (Å²) in [5.74, 6) is 0. The molecule has 0 heterocycles. The van der Waals surface area contributed by atoms with Crippen molar-refractivity contribution in [2.75, 3.05) is 0 Å². The first kappa shape index (κ1) is 12.9. The molecule has 1 atom stereocenters. The van der Waals surface area contributed by atoms with E-state index in [9.17, 15) is 4.39 Å². The van der Waals surface area contributed by atoms with E-state index in [-0.39, 0.29) is 0 Å². The fraction of sp³-hybridized carbons (Fsp3) is 0.500. The number of hydrogen-bond donors (Lipinski definition) is 1. The number of allylic oxidation sites excluding steroid dienone is 4. The first-order chi connectivity index (χ1) is 6.45. The molecule has 0 aliphatic heterocycles. The Labute approximate surface area is 86.2 Å². The minimum absolute atomic E-state index is 0.439. The summed E-state index contributed by atoms with van der Waals surface area (Å²) in [6.07, 6.45) is 5.95. The standard InChI is InChI=1S/C12H20FN/c1-5-11(9-14)7-10(3)8-12(4,13)6-2/h5,7,9H,1,6,8,14H2,2-4H3/b10-7+,11-9-. The summed E-state index contributed by atoms with van der Waals surface area (Å²) in [5.41, 5.74) is 6.04. The normalized spacial score (nSPS) is 17.7. The van der Waals surface area contributed by atoms with Gasteiger partial charge in [0, 0.05) is 12.6 Å². The third-order valence-corrected chi connectivity index (χ3v) is 2.23. The highest BCUT2D eigenvalue weighted by molar-refractivity contribution is 5.31. The van der Waals surface area contributed by atoms with Gasteiger partial charge in [-0.3, -0.25) is 0 Å². The minimum Gasteiger partial charge on any atom is -0.404 e. The van der Waals surface area contributed by atoms with Gasteiger partial charge < -0.3 is 5.73 Å². The molecule has 0 radical (unpaired) electrons. The lowest BCUT2D eigenvalue weighted by molar-refractivity contribution is 0.183. The van der Waals surface area contributed by atoms with Crippen molar-refractivity contribution in [3.63, 3.8) is 0 Å². The maximum atomic E-state index is 13.6. The minimum atomic E-state index is -1.12. The Morgan fingerprint density at radius 3 is 2.50 bits per heavy atom. The van der Waals surface area contributed by atoms with Crippen LogP contribution >= 0.6 is 0 Å². The summed E-state index contributed by atoms with van der Waals surface area (Å²) in [6, 6.07) is 0. The Balaban J connectivity index is 4.48. The van der Waals surface area contributed by atoms with Gasteiger partial charge in [0.1, 0.15) is 5.67 Å². The third-order valence-electron chi connectivity index (χ3n) is 2.23. The lowest BCUT2D eigenvalue weighted by Gasteiger charge is -2.18. The van der Waals surface area contributed by atoms with Gasteiger partial charge in [0.25, 0.3) is 0 Å². The molecule has 0 amide bonds. The summed E-state index contributed by atoms with van der Waals surface area (Å²) in [6.45, 7) is 8.98. The summed E-state index contributed by atoms with van der Waals surface area (Å²) in [5, 5.41) is 0. The Bertz CT molecular complexity index is 249. The molecule has 0 aliphatic rings. The Kier molecular flexibility index (Phi) is 5.21. The molecule has 0 bridgehead atoms. The first-order valence-corrected chi connectivity index (χ1v) is 4.85. The van der Waals surface area contributed by atoms with Crippen LogP contribution in [0.5, 0.6) is 0 Å². The number of rotatable bonds is 5. The highest BCUT2D eigenvalue weighted by Gasteiger charge is 2.20. The van der Waals surface area contributed by atoms with Crippen LogP contribution in [0.15, 0.2) is 36.1 Å². The Morgan fingerprint density at radius 2 is 2.14 bits per heavy atom. The van der Waals surface area contributed by atoms with E-state index in [1.54, 1.807) is 13.0 Å². The van der Waals surface area contributed by atoms with Crippen LogP contribution in [0.1, 0.15) is 33.6 Å². The van der Waals surface area contributed by atoms with E-state index in [1.165, 1.54) is 6.20 Å². The van der Waals surface area contributed by atoms with Crippen LogP contribution in [0.4, 0.5) is 4.39 Å². The number of hydrogen-bond acceptors (Lipinski definition) is 1. The molecule has 0 spiro atoms. The van der Waals surface area contributed by atoms with Crippen molar-refractivity contribution in [1.82, 2.24) is 0 Å². The smallest absolute Gasteiger partial charge is 0.111 e. The average molecular weight is 197 g/mol. The molecule has 14 heavy (non-hydrogen) atoms. The maximum absolute atomic E-state index is 13.6. The third kappa shape index (κ3) is 4.85. The van der Waals surface area contributed by atoms with Crippen molar-refractivity contribution in [3.05, 3.63) is 36.1 Å². The number of alkyl halides is 1. The van der Waals surface area contributed by atoms with Gasteiger partial charge in [0.2, 0.25) is 0 Å². The second-order valence-electron chi connectivity index (χ2n) is 3.81. The SMILES string of the molecule is C=CC(=C/N)/C=C(\C)CC(C)(F)CC. The van der Waals surface area contributed by atoms with Gasteiger partial charge in [-0.1, -0.05) is 31.2 Å². The van der Waals surface area contributed by atoms with Crippen molar-refractivity contribution in [2.45, 2.75) is 39.3 Å². The summed E-state index contributed by atoms with van der Waals surface area (Å²) < 4.78 is 13.6. The molecular weight excluding hydrogens is 177 g/mol. The molecule has 0 aliphatic carbocycles. The van der Waals surface area contributed by atoms with Crippen LogP contribution in [0.3, 0.4) is 0 Å². The fourth-order valence-corrected chi connectivity index (χ4v) is 1.22. The van der Waals surface area contributed by atoms with E-state index >= 15 is 0 Å². The van der Waals surface area contributed by atoms with E-state index in [4.69, 9.17) is 5.73 Å². The molecule has 1 unspecified atom stereocenters. The molecule has 80 valence electrons. The van der Waals surface area contributed by atoms with Crippen LogP contribution in [-0.2, 0) is 0 Å². The zero-order valence-corrected chi connectivity index (χ0v) is 9.31. The fourth-order valence-electron chi connectivity index (χ4n) is 1.22.